The number of hydrogen-bond acceptors (Lipinski definition) is 4. The molecule has 0 fully saturated rings. The van der Waals surface area contributed by atoms with Crippen molar-refractivity contribution in [3.63, 3.8) is 0 Å². The van der Waals surface area contributed by atoms with E-state index >= 15 is 0 Å². The van der Waals surface area contributed by atoms with Crippen molar-refractivity contribution in [2.75, 3.05) is 7.11 Å². The summed E-state index contributed by atoms with van der Waals surface area (Å²) in [6, 6.07) is 12.1. The zero-order valence-corrected chi connectivity index (χ0v) is 17.3. The largest absolute Gasteiger partial charge is 0.496 e. The Morgan fingerprint density at radius 2 is 1.79 bits per heavy atom. The molecule has 3 rings (SSSR count). The van der Waals surface area contributed by atoms with E-state index in [4.69, 9.17) is 16.3 Å². The third kappa shape index (κ3) is 3.89. The van der Waals surface area contributed by atoms with E-state index in [9.17, 15) is 14.4 Å². The first kappa shape index (κ1) is 20.6. The molecule has 0 saturated heterocycles. The van der Waals surface area contributed by atoms with Crippen LogP contribution in [-0.2, 0) is 5.41 Å². The van der Waals surface area contributed by atoms with Gasteiger partial charge in [-0.05, 0) is 46.3 Å². The Balaban J connectivity index is 2.51. The Morgan fingerprint density at radius 1 is 1.10 bits per heavy atom. The van der Waals surface area contributed by atoms with Gasteiger partial charge in [-0.2, -0.15) is 0 Å². The molecule has 0 unspecified atom stereocenters. The summed E-state index contributed by atoms with van der Waals surface area (Å²) in [5.74, 6) is 0.623. The zero-order valence-electron chi connectivity index (χ0n) is 16.6. The molecular weight excluding hydrogens is 392 g/mol. The van der Waals surface area contributed by atoms with Crippen LogP contribution in [0.3, 0.4) is 0 Å². The third-order valence-corrected chi connectivity index (χ3v) is 4.83. The van der Waals surface area contributed by atoms with Crippen LogP contribution in [0, 0.1) is 0 Å². The number of rotatable bonds is 4. The van der Waals surface area contributed by atoms with E-state index < -0.39 is 21.9 Å². The summed E-state index contributed by atoms with van der Waals surface area (Å²) >= 11 is 5.94. The molecule has 3 aromatic rings. The summed E-state index contributed by atoms with van der Waals surface area (Å²) in [6.07, 6.45) is 1.26. The van der Waals surface area contributed by atoms with Crippen molar-refractivity contribution in [1.29, 1.82) is 0 Å². The van der Waals surface area contributed by atoms with Crippen LogP contribution in [0.4, 0.5) is 0 Å². The van der Waals surface area contributed by atoms with Gasteiger partial charge in [0.2, 0.25) is 0 Å². The minimum Gasteiger partial charge on any atom is -0.496 e. The molecule has 0 aliphatic rings. The molecule has 7 heteroatoms. The highest BCUT2D eigenvalue weighted by atomic mass is 35.5. The van der Waals surface area contributed by atoms with Crippen LogP contribution in [0.5, 0.6) is 5.75 Å². The minimum absolute atomic E-state index is 0.122. The summed E-state index contributed by atoms with van der Waals surface area (Å²) in [6.45, 7) is 5.79. The van der Waals surface area contributed by atoms with Crippen LogP contribution in [-0.4, -0.2) is 21.9 Å². The van der Waals surface area contributed by atoms with E-state index in [2.05, 4.69) is 4.98 Å². The topological polar surface area (TPSA) is 81.2 Å². The van der Waals surface area contributed by atoms with Gasteiger partial charge >= 0.3 is 5.69 Å². The number of hydrogen-bond donors (Lipinski definition) is 1. The maximum Gasteiger partial charge on any atom is 0.333 e. The molecule has 0 spiro atoms. The standard InChI is InChI=1S/C22H21ClN2O4/c1-22(2,3)15-11-13(14-7-5-6-8-17(14)29-4)12-16(19(15)20(23)27)25-18(26)9-10-24-21(25)28/h5-12H,1-4H3,(H,24,28). The van der Waals surface area contributed by atoms with E-state index in [0.29, 0.717) is 16.9 Å². The molecule has 1 N–H and O–H groups in total. The molecule has 150 valence electrons. The van der Waals surface area contributed by atoms with Crippen LogP contribution in [0.2, 0.25) is 0 Å². The van der Waals surface area contributed by atoms with Gasteiger partial charge in [0.1, 0.15) is 5.75 Å². The molecule has 0 amide bonds. The van der Waals surface area contributed by atoms with Gasteiger partial charge in [0.05, 0.1) is 18.4 Å². The predicted octanol–water partition coefficient (Wildman–Crippen LogP) is 3.88. The van der Waals surface area contributed by atoms with E-state index in [1.165, 1.54) is 12.3 Å². The van der Waals surface area contributed by atoms with Gasteiger partial charge in [0.25, 0.3) is 10.8 Å². The number of ether oxygens (including phenoxy) is 1. The smallest absolute Gasteiger partial charge is 0.333 e. The fourth-order valence-corrected chi connectivity index (χ4v) is 3.49. The van der Waals surface area contributed by atoms with Gasteiger partial charge in [-0.1, -0.05) is 39.0 Å². The average molecular weight is 413 g/mol. The second-order valence-electron chi connectivity index (χ2n) is 7.60. The van der Waals surface area contributed by atoms with Crippen LogP contribution < -0.4 is 16.0 Å². The summed E-state index contributed by atoms with van der Waals surface area (Å²) in [7, 11) is 1.56. The van der Waals surface area contributed by atoms with Crippen LogP contribution in [0.15, 0.2) is 58.3 Å². The van der Waals surface area contributed by atoms with E-state index in [-0.39, 0.29) is 11.3 Å². The van der Waals surface area contributed by atoms with Crippen LogP contribution in [0.1, 0.15) is 36.7 Å². The van der Waals surface area contributed by atoms with E-state index in [1.807, 2.05) is 51.1 Å². The number of carbonyl (C=O) groups excluding carboxylic acids is 1. The van der Waals surface area contributed by atoms with Crippen molar-refractivity contribution in [2.24, 2.45) is 0 Å². The normalized spacial score (nSPS) is 11.3. The fraction of sp³-hybridized carbons (Fsp3) is 0.227. The summed E-state index contributed by atoms with van der Waals surface area (Å²) < 4.78 is 6.39. The fourth-order valence-electron chi connectivity index (χ4n) is 3.29. The first-order chi connectivity index (χ1) is 13.6. The highest BCUT2D eigenvalue weighted by Gasteiger charge is 2.27. The van der Waals surface area contributed by atoms with Gasteiger partial charge < -0.3 is 9.72 Å². The number of H-pyrrole nitrogens is 1. The van der Waals surface area contributed by atoms with Gasteiger partial charge in [-0.25, -0.2) is 9.36 Å². The SMILES string of the molecule is COc1ccccc1-c1cc(-n2c(=O)cc[nH]c2=O)c(C(=O)Cl)c(C(C)(C)C)c1. The average Bonchev–Trinajstić information content (AvgIpc) is 2.66. The van der Waals surface area contributed by atoms with Crippen LogP contribution >= 0.6 is 11.6 Å². The summed E-state index contributed by atoms with van der Waals surface area (Å²) in [5.41, 5.74) is 0.610. The number of methoxy groups -OCH3 is 1. The van der Waals surface area contributed by atoms with Crippen molar-refractivity contribution in [3.05, 3.63) is 80.6 Å². The molecule has 0 saturated carbocycles. The predicted molar refractivity (Wildman–Crippen MR) is 114 cm³/mol. The van der Waals surface area contributed by atoms with Crippen molar-refractivity contribution >= 4 is 16.8 Å². The quantitative estimate of drug-likeness (QED) is 0.659. The number of benzene rings is 2. The molecule has 0 bridgehead atoms. The summed E-state index contributed by atoms with van der Waals surface area (Å²) in [4.78, 5) is 39.9. The number of aromatic amines is 1. The summed E-state index contributed by atoms with van der Waals surface area (Å²) in [5, 5.41) is -0.744. The monoisotopic (exact) mass is 412 g/mol. The van der Waals surface area contributed by atoms with Gasteiger partial charge in [-0.15, -0.1) is 0 Å². The van der Waals surface area contributed by atoms with Crippen molar-refractivity contribution in [2.45, 2.75) is 26.2 Å². The number of para-hydroxylation sites is 1. The molecule has 0 radical (unpaired) electrons. The Bertz CT molecular complexity index is 1170. The molecule has 6 nitrogen and oxygen atoms in total. The Morgan fingerprint density at radius 3 is 2.38 bits per heavy atom. The number of nitrogens with one attached hydrogen (secondary N) is 1. The second kappa shape index (κ2) is 7.72. The lowest BCUT2D eigenvalue weighted by atomic mass is 9.81. The van der Waals surface area contributed by atoms with Crippen molar-refractivity contribution in [1.82, 2.24) is 9.55 Å². The lowest BCUT2D eigenvalue weighted by Crippen LogP contribution is -2.34. The molecule has 0 atom stereocenters. The van der Waals surface area contributed by atoms with Crippen LogP contribution in [0.25, 0.3) is 16.8 Å². The lowest BCUT2D eigenvalue weighted by molar-refractivity contribution is 0.107. The number of aromatic nitrogens is 2. The van der Waals surface area contributed by atoms with Gasteiger partial charge in [0.15, 0.2) is 0 Å². The minimum atomic E-state index is -0.744. The van der Waals surface area contributed by atoms with E-state index in [1.54, 1.807) is 13.2 Å². The Hall–Kier alpha value is -3.12. The Labute approximate surface area is 172 Å². The molecule has 2 aromatic carbocycles. The van der Waals surface area contributed by atoms with Crippen molar-refractivity contribution in [3.8, 4) is 22.6 Å². The molecule has 1 heterocycles. The Kier molecular flexibility index (Phi) is 5.48. The number of nitrogens with zero attached hydrogens (tertiary/aromatic N) is 1. The maximum absolute atomic E-state index is 12.5. The molecule has 0 aliphatic heterocycles. The van der Waals surface area contributed by atoms with Gasteiger partial charge in [-0.3, -0.25) is 9.59 Å². The molecule has 0 aliphatic carbocycles. The van der Waals surface area contributed by atoms with Crippen molar-refractivity contribution < 1.29 is 9.53 Å². The van der Waals surface area contributed by atoms with E-state index in [0.717, 1.165) is 10.1 Å². The highest BCUT2D eigenvalue weighted by molar-refractivity contribution is 6.68. The second-order valence-corrected chi connectivity index (χ2v) is 7.94. The first-order valence-electron chi connectivity index (χ1n) is 8.98. The van der Waals surface area contributed by atoms with Gasteiger partial charge in [0, 0.05) is 17.8 Å². The zero-order chi connectivity index (χ0) is 21.3. The maximum atomic E-state index is 12.5. The first-order valence-corrected chi connectivity index (χ1v) is 9.36. The molecule has 29 heavy (non-hydrogen) atoms. The highest BCUT2D eigenvalue weighted by Crippen LogP contribution is 2.37. The number of carbonyl (C=O) groups is 1. The lowest BCUT2D eigenvalue weighted by Gasteiger charge is -2.25. The molecule has 1 aromatic heterocycles. The third-order valence-electron chi connectivity index (χ3n) is 4.64. The molecular formula is C22H21ClN2O4. The number of halogens is 1.